The van der Waals surface area contributed by atoms with Crippen LogP contribution < -0.4 is 14.8 Å². The van der Waals surface area contributed by atoms with Crippen LogP contribution in [0.1, 0.15) is 36.1 Å². The Labute approximate surface area is 193 Å². The number of methoxy groups -OCH3 is 1. The summed E-state index contributed by atoms with van der Waals surface area (Å²) in [7, 11) is 1.63. The first kappa shape index (κ1) is 22.7. The van der Waals surface area contributed by atoms with E-state index in [-0.39, 0.29) is 24.4 Å². The van der Waals surface area contributed by atoms with E-state index in [1.54, 1.807) is 31.6 Å². The number of carbonyl (C=O) groups is 1. The van der Waals surface area contributed by atoms with Crippen molar-refractivity contribution in [2.75, 3.05) is 20.2 Å². The fourth-order valence-electron chi connectivity index (χ4n) is 4.04. The van der Waals surface area contributed by atoms with Crippen LogP contribution >= 0.6 is 0 Å². The molecule has 0 bridgehead atoms. The Kier molecular flexibility index (Phi) is 7.19. The fourth-order valence-corrected chi connectivity index (χ4v) is 4.04. The molecular weight excluding hydrogens is 421 g/mol. The third-order valence-corrected chi connectivity index (χ3v) is 5.79. The normalized spacial score (nSPS) is 16.8. The second kappa shape index (κ2) is 10.4. The Morgan fingerprint density at radius 2 is 1.91 bits per heavy atom. The summed E-state index contributed by atoms with van der Waals surface area (Å²) in [5, 5.41) is 3.12. The van der Waals surface area contributed by atoms with Crippen LogP contribution in [0.15, 0.2) is 67.0 Å². The van der Waals surface area contributed by atoms with Gasteiger partial charge in [-0.3, -0.25) is 14.7 Å². The summed E-state index contributed by atoms with van der Waals surface area (Å²) in [4.78, 5) is 19.3. The standard InChI is InChI=1S/C26H28FN3O3/c1-3-22-16-30(15-20-14-23(32-2)8-9-24(20)33-22)17-25(31)29-26(19-10-12-28-13-11-19)18-4-6-21(27)7-5-18/h4-14,22,26H,3,15-17H2,1-2H3,(H,29,31). The predicted molar refractivity (Wildman–Crippen MR) is 124 cm³/mol. The molecule has 172 valence electrons. The van der Waals surface area contributed by atoms with Crippen LogP contribution in [0.2, 0.25) is 0 Å². The van der Waals surface area contributed by atoms with Gasteiger partial charge in [-0.2, -0.15) is 0 Å². The van der Waals surface area contributed by atoms with Crippen LogP contribution in [0, 0.1) is 5.82 Å². The summed E-state index contributed by atoms with van der Waals surface area (Å²) in [6, 6.07) is 15.2. The second-order valence-electron chi connectivity index (χ2n) is 8.12. The van der Waals surface area contributed by atoms with Gasteiger partial charge in [-0.25, -0.2) is 4.39 Å². The lowest BCUT2D eigenvalue weighted by molar-refractivity contribution is -0.123. The molecule has 7 heteroatoms. The van der Waals surface area contributed by atoms with Crippen molar-refractivity contribution in [2.45, 2.75) is 32.0 Å². The number of benzene rings is 2. The molecule has 1 aliphatic heterocycles. The third kappa shape index (κ3) is 5.68. The van der Waals surface area contributed by atoms with Crippen molar-refractivity contribution < 1.29 is 18.7 Å². The fraction of sp³-hybridized carbons (Fsp3) is 0.308. The summed E-state index contributed by atoms with van der Waals surface area (Å²) >= 11 is 0. The first-order chi connectivity index (χ1) is 16.1. The third-order valence-electron chi connectivity index (χ3n) is 5.79. The van der Waals surface area contributed by atoms with Crippen molar-refractivity contribution in [3.8, 4) is 11.5 Å². The number of pyridine rings is 1. The van der Waals surface area contributed by atoms with Gasteiger partial charge in [0.05, 0.1) is 19.7 Å². The lowest BCUT2D eigenvalue weighted by atomic mass is 9.99. The van der Waals surface area contributed by atoms with Gasteiger partial charge in [0.2, 0.25) is 5.91 Å². The van der Waals surface area contributed by atoms with E-state index in [4.69, 9.17) is 9.47 Å². The zero-order valence-electron chi connectivity index (χ0n) is 18.8. The number of nitrogens with zero attached hydrogens (tertiary/aromatic N) is 2. The van der Waals surface area contributed by atoms with E-state index in [1.807, 2.05) is 30.3 Å². The van der Waals surface area contributed by atoms with Crippen LogP contribution in [0.5, 0.6) is 11.5 Å². The molecule has 1 aliphatic rings. The molecule has 0 fully saturated rings. The molecule has 1 N–H and O–H groups in total. The average molecular weight is 450 g/mol. The quantitative estimate of drug-likeness (QED) is 0.588. The van der Waals surface area contributed by atoms with E-state index < -0.39 is 6.04 Å². The molecule has 33 heavy (non-hydrogen) atoms. The summed E-state index contributed by atoms with van der Waals surface area (Å²) in [6.07, 6.45) is 4.18. The highest BCUT2D eigenvalue weighted by Gasteiger charge is 2.25. The van der Waals surface area contributed by atoms with Crippen molar-refractivity contribution in [1.29, 1.82) is 0 Å². The van der Waals surface area contributed by atoms with Gasteiger partial charge in [-0.15, -0.1) is 0 Å². The summed E-state index contributed by atoms with van der Waals surface area (Å²) in [5.74, 6) is 1.14. The maximum atomic E-state index is 13.5. The van der Waals surface area contributed by atoms with Crippen molar-refractivity contribution in [2.24, 2.45) is 0 Å². The monoisotopic (exact) mass is 449 g/mol. The van der Waals surface area contributed by atoms with Crippen molar-refractivity contribution >= 4 is 5.91 Å². The number of aromatic nitrogens is 1. The molecular formula is C26H28FN3O3. The minimum absolute atomic E-state index is 0.0134. The SMILES string of the molecule is CCC1CN(CC(=O)NC(c2ccncc2)c2ccc(F)cc2)Cc2cc(OC)ccc2O1. The van der Waals surface area contributed by atoms with Crippen LogP contribution in [0.3, 0.4) is 0 Å². The van der Waals surface area contributed by atoms with E-state index >= 15 is 0 Å². The molecule has 0 saturated heterocycles. The number of hydrogen-bond donors (Lipinski definition) is 1. The highest BCUT2D eigenvalue weighted by Crippen LogP contribution is 2.30. The largest absolute Gasteiger partial charge is 0.497 e. The number of rotatable bonds is 7. The minimum Gasteiger partial charge on any atom is -0.497 e. The van der Waals surface area contributed by atoms with E-state index in [2.05, 4.69) is 22.1 Å². The number of nitrogens with one attached hydrogen (secondary N) is 1. The molecule has 0 aliphatic carbocycles. The smallest absolute Gasteiger partial charge is 0.234 e. The first-order valence-electron chi connectivity index (χ1n) is 11.1. The molecule has 0 saturated carbocycles. The number of halogens is 1. The van der Waals surface area contributed by atoms with E-state index in [1.165, 1.54) is 12.1 Å². The topological polar surface area (TPSA) is 63.7 Å². The second-order valence-corrected chi connectivity index (χ2v) is 8.12. The summed E-state index contributed by atoms with van der Waals surface area (Å²) in [5.41, 5.74) is 2.67. The maximum absolute atomic E-state index is 13.5. The summed E-state index contributed by atoms with van der Waals surface area (Å²) in [6.45, 7) is 3.50. The lowest BCUT2D eigenvalue weighted by Gasteiger charge is -2.25. The number of fused-ring (bicyclic) bond motifs is 1. The molecule has 1 aromatic heterocycles. The summed E-state index contributed by atoms with van der Waals surface area (Å²) < 4.78 is 25.0. The Bertz CT molecular complexity index is 1080. The van der Waals surface area contributed by atoms with Crippen LogP contribution in [0.4, 0.5) is 4.39 Å². The van der Waals surface area contributed by atoms with Gasteiger partial charge < -0.3 is 14.8 Å². The van der Waals surface area contributed by atoms with Crippen molar-refractivity contribution in [3.63, 3.8) is 0 Å². The number of ether oxygens (including phenoxy) is 2. The molecule has 2 heterocycles. The van der Waals surface area contributed by atoms with Gasteiger partial charge in [-0.1, -0.05) is 19.1 Å². The van der Waals surface area contributed by atoms with Gasteiger partial charge in [0.15, 0.2) is 0 Å². The Balaban J connectivity index is 1.53. The van der Waals surface area contributed by atoms with Crippen LogP contribution in [0.25, 0.3) is 0 Å². The van der Waals surface area contributed by atoms with Crippen LogP contribution in [-0.4, -0.2) is 42.1 Å². The minimum atomic E-state index is -0.404. The molecule has 3 aromatic rings. The molecule has 1 amide bonds. The van der Waals surface area contributed by atoms with E-state index in [0.29, 0.717) is 13.1 Å². The van der Waals surface area contributed by atoms with Crippen molar-refractivity contribution in [3.05, 3.63) is 89.5 Å². The maximum Gasteiger partial charge on any atom is 0.234 e. The molecule has 6 nitrogen and oxygen atoms in total. The van der Waals surface area contributed by atoms with Gasteiger partial charge in [0, 0.05) is 31.0 Å². The van der Waals surface area contributed by atoms with Crippen LogP contribution in [-0.2, 0) is 11.3 Å². The molecule has 0 spiro atoms. The molecule has 2 atom stereocenters. The predicted octanol–water partition coefficient (Wildman–Crippen LogP) is 4.11. The highest BCUT2D eigenvalue weighted by atomic mass is 19.1. The van der Waals surface area contributed by atoms with Gasteiger partial charge in [0.1, 0.15) is 23.4 Å². The number of carbonyl (C=O) groups excluding carboxylic acids is 1. The zero-order chi connectivity index (χ0) is 23.2. The molecule has 0 radical (unpaired) electrons. The Morgan fingerprint density at radius 3 is 2.61 bits per heavy atom. The van der Waals surface area contributed by atoms with Gasteiger partial charge in [-0.05, 0) is 60.0 Å². The van der Waals surface area contributed by atoms with Gasteiger partial charge >= 0.3 is 0 Å². The average Bonchev–Trinajstić information content (AvgIpc) is 3.01. The van der Waals surface area contributed by atoms with Gasteiger partial charge in [0.25, 0.3) is 0 Å². The Hall–Kier alpha value is -3.45. The Morgan fingerprint density at radius 1 is 1.18 bits per heavy atom. The highest BCUT2D eigenvalue weighted by molar-refractivity contribution is 5.79. The number of amides is 1. The molecule has 2 unspecified atom stereocenters. The zero-order valence-corrected chi connectivity index (χ0v) is 18.8. The first-order valence-corrected chi connectivity index (χ1v) is 11.1. The van der Waals surface area contributed by atoms with E-state index in [9.17, 15) is 9.18 Å². The van der Waals surface area contributed by atoms with Crippen molar-refractivity contribution in [1.82, 2.24) is 15.2 Å². The van der Waals surface area contributed by atoms with E-state index in [0.717, 1.165) is 34.6 Å². The molecule has 2 aromatic carbocycles. The molecule has 4 rings (SSSR count). The number of hydrogen-bond acceptors (Lipinski definition) is 5. The lowest BCUT2D eigenvalue weighted by Crippen LogP contribution is -2.41.